The molecule has 15 nitrogen and oxygen atoms in total. The van der Waals surface area contributed by atoms with Crippen molar-refractivity contribution < 1.29 is 33.0 Å². The van der Waals surface area contributed by atoms with E-state index in [2.05, 4.69) is 36.9 Å². The van der Waals surface area contributed by atoms with E-state index in [0.29, 0.717) is 70.5 Å². The van der Waals surface area contributed by atoms with E-state index in [1.54, 1.807) is 24.3 Å². The van der Waals surface area contributed by atoms with E-state index in [1.807, 2.05) is 36.4 Å². The van der Waals surface area contributed by atoms with Gasteiger partial charge in [0.15, 0.2) is 12.6 Å². The number of carbonyl (C=O) groups excluding carboxylic acids is 3. The van der Waals surface area contributed by atoms with Crippen LogP contribution >= 0.6 is 0 Å². The normalized spacial score (nSPS) is 24.4. The van der Waals surface area contributed by atoms with Crippen molar-refractivity contribution in [3.63, 3.8) is 0 Å². The third kappa shape index (κ3) is 9.22. The van der Waals surface area contributed by atoms with Gasteiger partial charge in [0.1, 0.15) is 28.8 Å². The number of hydrogen-bond donors (Lipinski definition) is 1. The van der Waals surface area contributed by atoms with Crippen LogP contribution in [0, 0.1) is 46.7 Å². The van der Waals surface area contributed by atoms with Gasteiger partial charge in [-0.2, -0.15) is 9.97 Å². The van der Waals surface area contributed by atoms with Crippen LogP contribution in [0.2, 0.25) is 0 Å². The Hall–Kier alpha value is -6.41. The Balaban J connectivity index is 0.632. The predicted octanol–water partition coefficient (Wildman–Crippen LogP) is 7.42. The van der Waals surface area contributed by atoms with Crippen molar-refractivity contribution in [1.82, 2.24) is 35.0 Å². The summed E-state index contributed by atoms with van der Waals surface area (Å²) in [5.41, 5.74) is 4.71. The second-order valence-corrected chi connectivity index (χ2v) is 23.4. The number of benzene rings is 3. The minimum Gasteiger partial charge on any atom is -0.468 e. The highest BCUT2D eigenvalue weighted by molar-refractivity contribution is 6.06. The Morgan fingerprint density at radius 1 is 0.867 bits per heavy atom. The first kappa shape index (κ1) is 48.2. The van der Waals surface area contributed by atoms with Crippen molar-refractivity contribution in [2.75, 3.05) is 95.8 Å². The van der Waals surface area contributed by atoms with Gasteiger partial charge in [0.25, 0.3) is 5.91 Å². The molecule has 8 aliphatic rings. The molecule has 3 atom stereocenters. The Bertz CT molecular complexity index is 3120. The van der Waals surface area contributed by atoms with Gasteiger partial charge < -0.3 is 33.8 Å². The number of anilines is 2. The minimum absolute atomic E-state index is 0.0278. The number of terminal acetylenes is 1. The number of aromatic nitrogens is 3. The lowest BCUT2D eigenvalue weighted by Crippen LogP contribution is -2.53. The SMILES string of the molecule is C#Cc1cccc2cc(OCOC)cc(-c3ncc4c(N5CC6CCC(C6)C5)nc(OCC5(CN6CCC7(CC6)CC(CN6CCN(c8ccc9c(c8)CN([C@H]8CCC(=O)NC8=O)C9=O)CC6)C7)CC5)nc4c3F)c12. The Morgan fingerprint density at radius 2 is 1.67 bits per heavy atom. The van der Waals surface area contributed by atoms with Gasteiger partial charge in [-0.05, 0) is 148 Å². The number of likely N-dealkylation sites (tertiary alicyclic amines) is 1. The molecular formula is C59H66FN9O6. The summed E-state index contributed by atoms with van der Waals surface area (Å²) >= 11 is 0. The summed E-state index contributed by atoms with van der Waals surface area (Å²) in [6.07, 6.45) is 19.3. The monoisotopic (exact) mass is 1020 g/mol. The van der Waals surface area contributed by atoms with E-state index in [0.717, 1.165) is 106 Å². The molecule has 3 saturated carbocycles. The van der Waals surface area contributed by atoms with Crippen LogP contribution in [0.25, 0.3) is 32.9 Å². The Labute approximate surface area is 437 Å². The molecule has 75 heavy (non-hydrogen) atoms. The molecule has 1 spiro atoms. The molecular weight excluding hydrogens is 950 g/mol. The maximum atomic E-state index is 17.4. The van der Waals surface area contributed by atoms with Crippen molar-refractivity contribution >= 4 is 50.9 Å². The summed E-state index contributed by atoms with van der Waals surface area (Å²) in [5.74, 6) is 4.60. The lowest BCUT2D eigenvalue weighted by atomic mass is 9.57. The maximum absolute atomic E-state index is 17.4. The van der Waals surface area contributed by atoms with Crippen LogP contribution in [0.5, 0.6) is 11.8 Å². The second-order valence-electron chi connectivity index (χ2n) is 23.4. The topological polar surface area (TPSA) is 146 Å². The third-order valence-corrected chi connectivity index (χ3v) is 18.4. The van der Waals surface area contributed by atoms with Crippen LogP contribution < -0.4 is 24.6 Å². The molecule has 3 amide bonds. The largest absolute Gasteiger partial charge is 0.468 e. The fourth-order valence-corrected chi connectivity index (χ4v) is 14.2. The zero-order chi connectivity index (χ0) is 51.0. The average molecular weight is 1020 g/mol. The molecule has 1 N–H and O–H groups in total. The number of amides is 3. The zero-order valence-corrected chi connectivity index (χ0v) is 43.0. The summed E-state index contributed by atoms with van der Waals surface area (Å²) in [5, 5.41) is 4.50. The van der Waals surface area contributed by atoms with Crippen molar-refractivity contribution in [3.8, 4) is 35.4 Å². The lowest BCUT2D eigenvalue weighted by Gasteiger charge is -2.54. The molecule has 3 aliphatic carbocycles. The third-order valence-electron chi connectivity index (χ3n) is 18.4. The number of methoxy groups -OCH3 is 1. The molecule has 0 radical (unpaired) electrons. The first-order valence-electron chi connectivity index (χ1n) is 27.4. The summed E-state index contributed by atoms with van der Waals surface area (Å²) in [4.78, 5) is 63.9. The van der Waals surface area contributed by atoms with E-state index in [-0.39, 0.29) is 53.6 Å². The molecule has 3 aromatic carbocycles. The number of halogens is 1. The van der Waals surface area contributed by atoms with Gasteiger partial charge >= 0.3 is 6.01 Å². The lowest BCUT2D eigenvalue weighted by molar-refractivity contribution is -0.136. The fraction of sp³-hybridized carbons (Fsp3) is 0.525. The molecule has 7 fully saturated rings. The number of piperidine rings is 3. The van der Waals surface area contributed by atoms with Gasteiger partial charge in [-0.15, -0.1) is 6.42 Å². The van der Waals surface area contributed by atoms with Gasteiger partial charge in [0, 0.05) is 112 Å². The highest BCUT2D eigenvalue weighted by Gasteiger charge is 2.50. The molecule has 5 aliphatic heterocycles. The number of hydrogen-bond acceptors (Lipinski definition) is 13. The first-order valence-corrected chi connectivity index (χ1v) is 27.4. The smallest absolute Gasteiger partial charge is 0.319 e. The number of nitrogens with one attached hydrogen (secondary N) is 1. The van der Waals surface area contributed by atoms with E-state index in [9.17, 15) is 14.4 Å². The molecule has 16 heteroatoms. The molecule has 2 unspecified atom stereocenters. The summed E-state index contributed by atoms with van der Waals surface area (Å²) in [6, 6.07) is 15.0. The molecule has 4 saturated heterocycles. The van der Waals surface area contributed by atoms with Crippen LogP contribution in [0.3, 0.4) is 0 Å². The van der Waals surface area contributed by atoms with Gasteiger partial charge in [-0.25, -0.2) is 4.39 Å². The molecule has 5 aromatic rings. The maximum Gasteiger partial charge on any atom is 0.319 e. The Kier molecular flexibility index (Phi) is 12.4. The second kappa shape index (κ2) is 19.3. The number of imide groups is 1. The predicted molar refractivity (Wildman–Crippen MR) is 283 cm³/mol. The summed E-state index contributed by atoms with van der Waals surface area (Å²) < 4.78 is 35.1. The molecule has 390 valence electrons. The summed E-state index contributed by atoms with van der Waals surface area (Å²) in [6.45, 7) is 10.9. The minimum atomic E-state index is -0.600. The van der Waals surface area contributed by atoms with Crippen molar-refractivity contribution in [3.05, 3.63) is 77.2 Å². The highest BCUT2D eigenvalue weighted by Crippen LogP contribution is 2.54. The highest BCUT2D eigenvalue weighted by atomic mass is 19.1. The standard InChI is InChI=1S/C59H66FN9O6/c1-3-40-5-4-6-41-25-44(75-36-73-2)26-46(50(40)41)52-51(60)53-47(29-61-52)54(68-31-37-7-8-38(23-37)32-68)64-57(63-53)74-35-59(13-14-59)34-66-17-15-58(16-18-66)27-39(28-58)30-65-19-21-67(22-20-65)43-9-10-45-42(24-43)33-69(56(45)72)48-11-12-49(70)62-55(48)71/h1,4-6,9-10,24-26,29,37-39,48H,7-8,11-23,27-28,30-36H2,2H3,(H,62,70,71)/t37?,38?,48-/m0/s1. The Morgan fingerprint density at radius 3 is 2.41 bits per heavy atom. The van der Waals surface area contributed by atoms with Gasteiger partial charge in [0.2, 0.25) is 11.8 Å². The number of fused-ring (bicyclic) bond motifs is 5. The van der Waals surface area contributed by atoms with E-state index in [4.69, 9.17) is 35.6 Å². The summed E-state index contributed by atoms with van der Waals surface area (Å²) in [7, 11) is 1.56. The van der Waals surface area contributed by atoms with Crippen molar-refractivity contribution in [1.29, 1.82) is 0 Å². The van der Waals surface area contributed by atoms with Gasteiger partial charge in [0.05, 0.1) is 12.0 Å². The quantitative estimate of drug-likeness (QED) is 0.0670. The average Bonchev–Trinajstić information content (AvgIpc) is 4.00. The van der Waals surface area contributed by atoms with E-state index >= 15 is 4.39 Å². The van der Waals surface area contributed by atoms with Crippen molar-refractivity contribution in [2.24, 2.45) is 28.6 Å². The van der Waals surface area contributed by atoms with Crippen LogP contribution in [-0.4, -0.2) is 139 Å². The number of ether oxygens (including phenoxy) is 3. The molecule has 2 bridgehead atoms. The number of carbonyl (C=O) groups is 3. The molecule has 2 aromatic heterocycles. The fourth-order valence-electron chi connectivity index (χ4n) is 14.2. The number of pyridine rings is 1. The molecule has 13 rings (SSSR count). The molecule has 7 heterocycles. The van der Waals surface area contributed by atoms with Crippen LogP contribution in [0.15, 0.2) is 54.7 Å². The number of nitrogens with zero attached hydrogens (tertiary/aromatic N) is 8. The number of rotatable bonds is 14. The van der Waals surface area contributed by atoms with Crippen molar-refractivity contribution in [2.45, 2.75) is 83.2 Å². The number of piperazine rings is 1. The van der Waals surface area contributed by atoms with Crippen LogP contribution in [0.1, 0.15) is 92.1 Å². The van der Waals surface area contributed by atoms with E-state index < -0.39 is 11.9 Å². The van der Waals surface area contributed by atoms with Crippen LogP contribution in [-0.2, 0) is 20.9 Å². The van der Waals surface area contributed by atoms with Crippen LogP contribution in [0.4, 0.5) is 15.9 Å². The van der Waals surface area contributed by atoms with Gasteiger partial charge in [-0.3, -0.25) is 29.6 Å². The van der Waals surface area contributed by atoms with Gasteiger partial charge in [-0.1, -0.05) is 18.1 Å². The first-order chi connectivity index (χ1) is 36.5. The zero-order valence-electron chi connectivity index (χ0n) is 43.0. The van der Waals surface area contributed by atoms with E-state index in [1.165, 1.54) is 44.9 Å².